The minimum absolute atomic E-state index is 0.202. The second-order valence-electron chi connectivity index (χ2n) is 7.31. The molecule has 0 saturated carbocycles. The molecule has 0 aliphatic carbocycles. The molecule has 1 N–H and O–H groups in total. The first-order valence-electron chi connectivity index (χ1n) is 10.4. The van der Waals surface area contributed by atoms with Gasteiger partial charge in [0, 0.05) is 0 Å². The van der Waals surface area contributed by atoms with E-state index in [1.807, 2.05) is 55.5 Å². The average molecular weight is 431 g/mol. The lowest BCUT2D eigenvalue weighted by molar-refractivity contribution is 0.0992. The number of ether oxygens (including phenoxy) is 2. The van der Waals surface area contributed by atoms with Gasteiger partial charge in [0.1, 0.15) is 23.9 Å². The van der Waals surface area contributed by atoms with Crippen LogP contribution in [0.5, 0.6) is 11.5 Å². The Morgan fingerprint density at radius 3 is 2.66 bits per heavy atom. The van der Waals surface area contributed by atoms with Crippen LogP contribution in [-0.2, 0) is 19.8 Å². The second-order valence-corrected chi connectivity index (χ2v) is 7.31. The third-order valence-corrected chi connectivity index (χ3v) is 4.94. The van der Waals surface area contributed by atoms with Crippen LogP contribution in [0.2, 0.25) is 0 Å². The van der Waals surface area contributed by atoms with Crippen molar-refractivity contribution in [2.75, 3.05) is 5.32 Å². The topological polar surface area (TPSA) is 78.5 Å². The molecule has 4 rings (SSSR count). The summed E-state index contributed by atoms with van der Waals surface area (Å²) in [6, 6.07) is 19.0. The van der Waals surface area contributed by atoms with Crippen LogP contribution in [0.25, 0.3) is 0 Å². The van der Waals surface area contributed by atoms with E-state index in [4.69, 9.17) is 13.9 Å². The van der Waals surface area contributed by atoms with Gasteiger partial charge >= 0.3 is 0 Å². The molecule has 0 atom stereocenters. The van der Waals surface area contributed by atoms with Gasteiger partial charge in [0.15, 0.2) is 12.5 Å². The quantitative estimate of drug-likeness (QED) is 0.393. The monoisotopic (exact) mass is 431 g/mol. The van der Waals surface area contributed by atoms with E-state index in [0.717, 1.165) is 23.5 Å². The third-order valence-electron chi connectivity index (χ3n) is 4.94. The van der Waals surface area contributed by atoms with Gasteiger partial charge in [-0.3, -0.25) is 4.79 Å². The van der Waals surface area contributed by atoms with Gasteiger partial charge in [-0.2, -0.15) is 5.10 Å². The molecule has 164 valence electrons. The smallest absolute Gasteiger partial charge is 0.291 e. The Morgan fingerprint density at radius 1 is 1.06 bits per heavy atom. The van der Waals surface area contributed by atoms with E-state index in [-0.39, 0.29) is 25.0 Å². The number of carbonyl (C=O) groups excluding carboxylic acids is 1. The standard InChI is InChI=1S/C25H25N3O4/c1-3-19-8-10-21(11-9-19)31-17-28-15-20(14-26-28)27-25(29)24-13-12-22(32-24)16-30-23-7-5-4-6-18(23)2/h4-15H,3,16-17H2,1-2H3,(H,27,29). The number of anilines is 1. The predicted molar refractivity (Wildman–Crippen MR) is 121 cm³/mol. The fraction of sp³-hybridized carbons (Fsp3) is 0.200. The molecule has 0 saturated heterocycles. The Hall–Kier alpha value is -4.00. The Kier molecular flexibility index (Phi) is 6.55. The lowest BCUT2D eigenvalue weighted by Gasteiger charge is -2.07. The summed E-state index contributed by atoms with van der Waals surface area (Å²) in [7, 11) is 0. The summed E-state index contributed by atoms with van der Waals surface area (Å²) >= 11 is 0. The van der Waals surface area contributed by atoms with Crippen LogP contribution in [-0.4, -0.2) is 15.7 Å². The lowest BCUT2D eigenvalue weighted by Crippen LogP contribution is -2.10. The maximum atomic E-state index is 12.5. The summed E-state index contributed by atoms with van der Waals surface area (Å²) in [6.07, 6.45) is 4.25. The van der Waals surface area contributed by atoms with Gasteiger partial charge in [0.2, 0.25) is 0 Å². The summed E-state index contributed by atoms with van der Waals surface area (Å²) < 4.78 is 18.7. The normalized spacial score (nSPS) is 10.7. The van der Waals surface area contributed by atoms with E-state index >= 15 is 0 Å². The van der Waals surface area contributed by atoms with Crippen molar-refractivity contribution in [1.82, 2.24) is 9.78 Å². The van der Waals surface area contributed by atoms with Gasteiger partial charge in [-0.05, 0) is 54.8 Å². The van der Waals surface area contributed by atoms with Crippen molar-refractivity contribution in [3.05, 3.63) is 95.7 Å². The molecule has 32 heavy (non-hydrogen) atoms. The van der Waals surface area contributed by atoms with Gasteiger partial charge < -0.3 is 19.2 Å². The minimum Gasteiger partial charge on any atom is -0.485 e. The second kappa shape index (κ2) is 9.87. The van der Waals surface area contributed by atoms with Crippen LogP contribution in [0.4, 0.5) is 5.69 Å². The molecule has 0 unspecified atom stereocenters. The summed E-state index contributed by atoms with van der Waals surface area (Å²) in [6.45, 7) is 4.57. The highest BCUT2D eigenvalue weighted by Gasteiger charge is 2.13. The number of rotatable bonds is 9. The molecule has 0 radical (unpaired) electrons. The Labute approximate surface area is 186 Å². The number of hydrogen-bond donors (Lipinski definition) is 1. The average Bonchev–Trinajstić information content (AvgIpc) is 3.47. The van der Waals surface area contributed by atoms with Gasteiger partial charge in [-0.25, -0.2) is 4.68 Å². The number of hydrogen-bond acceptors (Lipinski definition) is 5. The van der Waals surface area contributed by atoms with Crippen molar-refractivity contribution in [2.24, 2.45) is 0 Å². The van der Waals surface area contributed by atoms with Crippen molar-refractivity contribution >= 4 is 11.6 Å². The molecule has 7 heteroatoms. The highest BCUT2D eigenvalue weighted by atomic mass is 16.5. The maximum Gasteiger partial charge on any atom is 0.291 e. The zero-order chi connectivity index (χ0) is 22.3. The summed E-state index contributed by atoms with van der Waals surface area (Å²) in [5, 5.41) is 6.99. The van der Waals surface area contributed by atoms with Crippen LogP contribution in [0.3, 0.4) is 0 Å². The fourth-order valence-electron chi connectivity index (χ4n) is 3.10. The number of benzene rings is 2. The van der Waals surface area contributed by atoms with Crippen molar-refractivity contribution in [1.29, 1.82) is 0 Å². The SMILES string of the molecule is CCc1ccc(OCn2cc(NC(=O)c3ccc(COc4ccccc4C)o3)cn2)cc1. The van der Waals surface area contributed by atoms with E-state index in [2.05, 4.69) is 17.3 Å². The van der Waals surface area contributed by atoms with Crippen molar-refractivity contribution in [3.63, 3.8) is 0 Å². The first-order valence-corrected chi connectivity index (χ1v) is 10.4. The van der Waals surface area contributed by atoms with Crippen LogP contribution >= 0.6 is 0 Å². The molecule has 7 nitrogen and oxygen atoms in total. The fourth-order valence-corrected chi connectivity index (χ4v) is 3.10. The van der Waals surface area contributed by atoms with Crippen molar-refractivity contribution in [3.8, 4) is 11.5 Å². The van der Waals surface area contributed by atoms with Crippen molar-refractivity contribution in [2.45, 2.75) is 33.6 Å². The molecule has 0 spiro atoms. The van der Waals surface area contributed by atoms with Crippen LogP contribution < -0.4 is 14.8 Å². The van der Waals surface area contributed by atoms with Crippen LogP contribution in [0.1, 0.15) is 34.4 Å². The van der Waals surface area contributed by atoms with E-state index in [1.54, 1.807) is 29.2 Å². The number of aromatic nitrogens is 2. The zero-order valence-corrected chi connectivity index (χ0v) is 18.1. The molecule has 1 amide bonds. The molecular formula is C25H25N3O4. The molecule has 4 aromatic rings. The first-order chi connectivity index (χ1) is 15.6. The minimum atomic E-state index is -0.359. The third kappa shape index (κ3) is 5.37. The molecular weight excluding hydrogens is 406 g/mol. The molecule has 0 fully saturated rings. The number of aryl methyl sites for hydroxylation is 2. The summed E-state index contributed by atoms with van der Waals surface area (Å²) in [5.41, 5.74) is 2.84. The highest BCUT2D eigenvalue weighted by molar-refractivity contribution is 6.02. The number of nitrogens with one attached hydrogen (secondary N) is 1. The van der Waals surface area contributed by atoms with E-state index in [1.165, 1.54) is 5.56 Å². The zero-order valence-electron chi connectivity index (χ0n) is 18.1. The molecule has 2 heterocycles. The number of furan rings is 1. The number of carbonyl (C=O) groups is 1. The number of amides is 1. The van der Waals surface area contributed by atoms with Gasteiger partial charge in [0.25, 0.3) is 5.91 Å². The lowest BCUT2D eigenvalue weighted by atomic mass is 10.2. The molecule has 2 aromatic carbocycles. The Balaban J connectivity index is 1.28. The molecule has 2 aromatic heterocycles. The van der Waals surface area contributed by atoms with Gasteiger partial charge in [0.05, 0.1) is 18.1 Å². The Bertz CT molecular complexity index is 1180. The summed E-state index contributed by atoms with van der Waals surface area (Å²) in [5.74, 6) is 1.96. The van der Waals surface area contributed by atoms with E-state index in [0.29, 0.717) is 11.4 Å². The summed E-state index contributed by atoms with van der Waals surface area (Å²) in [4.78, 5) is 12.5. The van der Waals surface area contributed by atoms with Crippen LogP contribution in [0.15, 0.2) is 77.5 Å². The largest absolute Gasteiger partial charge is 0.485 e. The van der Waals surface area contributed by atoms with E-state index < -0.39 is 0 Å². The molecule has 0 bridgehead atoms. The number of para-hydroxylation sites is 1. The molecule has 0 aliphatic rings. The van der Waals surface area contributed by atoms with E-state index in [9.17, 15) is 4.79 Å². The number of nitrogens with zero attached hydrogens (tertiary/aromatic N) is 2. The van der Waals surface area contributed by atoms with Gasteiger partial charge in [-0.15, -0.1) is 0 Å². The highest BCUT2D eigenvalue weighted by Crippen LogP contribution is 2.19. The van der Waals surface area contributed by atoms with Crippen molar-refractivity contribution < 1.29 is 18.7 Å². The van der Waals surface area contributed by atoms with Crippen LogP contribution in [0, 0.1) is 6.92 Å². The maximum absolute atomic E-state index is 12.5. The Morgan fingerprint density at radius 2 is 1.88 bits per heavy atom. The first kappa shape index (κ1) is 21.2. The van der Waals surface area contributed by atoms with Gasteiger partial charge in [-0.1, -0.05) is 37.3 Å². The molecule has 0 aliphatic heterocycles. The predicted octanol–water partition coefficient (Wildman–Crippen LogP) is 5.21.